The maximum absolute atomic E-state index is 11.5. The van der Waals surface area contributed by atoms with E-state index in [-0.39, 0.29) is 18.2 Å². The number of hydrogen-bond acceptors (Lipinski definition) is 6. The maximum Gasteiger partial charge on any atom is 0.319 e. The monoisotopic (exact) mass is 260 g/mol. The predicted octanol–water partition coefficient (Wildman–Crippen LogP) is 0.915. The van der Waals surface area contributed by atoms with Crippen LogP contribution in [0.25, 0.3) is 0 Å². The Hall–Kier alpha value is -1.25. The molecule has 0 aliphatic rings. The van der Waals surface area contributed by atoms with Gasteiger partial charge in [-0.1, -0.05) is 11.4 Å². The average Bonchev–Trinajstić information content (AvgIpc) is 2.81. The van der Waals surface area contributed by atoms with Gasteiger partial charge < -0.3 is 14.8 Å². The Kier molecular flexibility index (Phi) is 5.81. The first-order chi connectivity index (χ1) is 8.17. The second-order valence-corrected chi connectivity index (χ2v) is 4.22. The third-order valence-corrected chi connectivity index (χ3v) is 2.69. The fourth-order valence-electron chi connectivity index (χ4n) is 1.29. The smallest absolute Gasteiger partial charge is 0.319 e. The lowest BCUT2D eigenvalue weighted by atomic mass is 10.2. The van der Waals surface area contributed by atoms with Gasteiger partial charge in [0.15, 0.2) is 6.29 Å². The Morgan fingerprint density at radius 1 is 1.53 bits per heavy atom. The van der Waals surface area contributed by atoms with Gasteiger partial charge in [0, 0.05) is 38.2 Å². The van der Waals surface area contributed by atoms with E-state index >= 15 is 0 Å². The number of carbonyl (C=O) groups excluding carboxylic acids is 1. The van der Waals surface area contributed by atoms with Crippen LogP contribution in [0.15, 0.2) is 6.20 Å². The molecule has 2 N–H and O–H groups in total. The van der Waals surface area contributed by atoms with Crippen molar-refractivity contribution in [3.8, 4) is 0 Å². The van der Waals surface area contributed by atoms with Crippen molar-refractivity contribution < 1.29 is 14.3 Å². The molecule has 96 valence electrons. The van der Waals surface area contributed by atoms with Crippen LogP contribution in [0.3, 0.4) is 0 Å². The van der Waals surface area contributed by atoms with E-state index < -0.39 is 0 Å². The Bertz CT molecular complexity index is 329. The summed E-state index contributed by atoms with van der Waals surface area (Å²) in [7, 11) is 3.13. The van der Waals surface area contributed by atoms with E-state index in [1.807, 2.05) is 6.92 Å². The molecule has 1 aromatic heterocycles. The maximum atomic E-state index is 11.5. The second-order valence-electron chi connectivity index (χ2n) is 3.43. The van der Waals surface area contributed by atoms with E-state index in [9.17, 15) is 4.79 Å². The molecule has 0 aromatic carbocycles. The molecule has 17 heavy (non-hydrogen) atoms. The van der Waals surface area contributed by atoms with E-state index in [1.54, 1.807) is 14.2 Å². The first-order valence-corrected chi connectivity index (χ1v) is 5.82. The standard InChI is InChI=1S/C9H16N4O3S/c1-6(8(15-2)16-3)4-10-9(14)12-7-5-11-13-17-7/h5-6,8H,4H2,1-3H3,(H2,10,12,14). The van der Waals surface area contributed by atoms with Crippen LogP contribution in [-0.4, -0.2) is 42.7 Å². The number of hydrogen-bond donors (Lipinski definition) is 2. The summed E-state index contributed by atoms with van der Waals surface area (Å²) in [6.07, 6.45) is 1.15. The van der Waals surface area contributed by atoms with Crippen molar-refractivity contribution in [2.75, 3.05) is 26.1 Å². The zero-order chi connectivity index (χ0) is 12.7. The number of nitrogens with zero attached hydrogens (tertiary/aromatic N) is 2. The molecule has 1 aromatic rings. The Balaban J connectivity index is 2.28. The molecular weight excluding hydrogens is 244 g/mol. The lowest BCUT2D eigenvalue weighted by Crippen LogP contribution is -2.37. The van der Waals surface area contributed by atoms with Crippen LogP contribution in [0.4, 0.5) is 9.80 Å². The van der Waals surface area contributed by atoms with Gasteiger partial charge in [0.2, 0.25) is 0 Å². The summed E-state index contributed by atoms with van der Waals surface area (Å²) in [5.41, 5.74) is 0. The third-order valence-electron chi connectivity index (χ3n) is 2.11. The Labute approximate surface area is 104 Å². The third kappa shape index (κ3) is 4.63. The molecule has 1 atom stereocenters. The average molecular weight is 260 g/mol. The van der Waals surface area contributed by atoms with Gasteiger partial charge in [-0.05, 0) is 0 Å². The summed E-state index contributed by atoms with van der Waals surface area (Å²) >= 11 is 1.12. The molecule has 0 radical (unpaired) electrons. The van der Waals surface area contributed by atoms with Gasteiger partial charge in [0.25, 0.3) is 0 Å². The lowest BCUT2D eigenvalue weighted by Gasteiger charge is -2.21. The highest BCUT2D eigenvalue weighted by atomic mass is 32.1. The van der Waals surface area contributed by atoms with Crippen molar-refractivity contribution in [2.24, 2.45) is 5.92 Å². The van der Waals surface area contributed by atoms with Crippen LogP contribution < -0.4 is 10.6 Å². The van der Waals surface area contributed by atoms with Crippen LogP contribution in [0.1, 0.15) is 6.92 Å². The molecule has 1 rings (SSSR count). The molecule has 0 saturated carbocycles. The number of urea groups is 1. The number of rotatable bonds is 6. The van der Waals surface area contributed by atoms with Crippen molar-refractivity contribution in [3.05, 3.63) is 6.20 Å². The minimum atomic E-state index is -0.333. The first-order valence-electron chi connectivity index (χ1n) is 5.05. The van der Waals surface area contributed by atoms with Crippen molar-refractivity contribution in [1.82, 2.24) is 14.9 Å². The number of amides is 2. The number of aromatic nitrogens is 2. The highest BCUT2D eigenvalue weighted by molar-refractivity contribution is 7.10. The molecule has 1 heterocycles. The van der Waals surface area contributed by atoms with Crippen LogP contribution in [0, 0.1) is 5.92 Å². The van der Waals surface area contributed by atoms with Gasteiger partial charge in [-0.3, -0.25) is 5.32 Å². The molecule has 2 amide bonds. The molecule has 0 aliphatic carbocycles. The van der Waals surface area contributed by atoms with Crippen LogP contribution in [0.5, 0.6) is 0 Å². The van der Waals surface area contributed by atoms with Crippen LogP contribution in [0.2, 0.25) is 0 Å². The highest BCUT2D eigenvalue weighted by Crippen LogP contribution is 2.09. The van der Waals surface area contributed by atoms with Crippen molar-refractivity contribution in [3.63, 3.8) is 0 Å². The number of ether oxygens (including phenoxy) is 2. The van der Waals surface area contributed by atoms with Crippen LogP contribution in [-0.2, 0) is 9.47 Å². The van der Waals surface area contributed by atoms with E-state index in [1.165, 1.54) is 6.20 Å². The summed E-state index contributed by atoms with van der Waals surface area (Å²) in [6, 6.07) is -0.297. The lowest BCUT2D eigenvalue weighted by molar-refractivity contribution is -0.131. The first kappa shape index (κ1) is 13.8. The molecule has 8 heteroatoms. The summed E-state index contributed by atoms with van der Waals surface area (Å²) in [5, 5.41) is 9.54. The van der Waals surface area contributed by atoms with Crippen molar-refractivity contribution in [2.45, 2.75) is 13.2 Å². The van der Waals surface area contributed by atoms with E-state index in [2.05, 4.69) is 20.2 Å². The fourth-order valence-corrected chi connectivity index (χ4v) is 1.70. The topological polar surface area (TPSA) is 85.4 Å². The molecule has 0 bridgehead atoms. The minimum absolute atomic E-state index is 0.0512. The summed E-state index contributed by atoms with van der Waals surface area (Å²) in [4.78, 5) is 11.5. The molecule has 0 spiro atoms. The molecule has 7 nitrogen and oxygen atoms in total. The zero-order valence-electron chi connectivity index (χ0n) is 9.97. The quantitative estimate of drug-likeness (QED) is 0.743. The Morgan fingerprint density at radius 2 is 2.24 bits per heavy atom. The fraction of sp³-hybridized carbons (Fsp3) is 0.667. The van der Waals surface area contributed by atoms with Gasteiger partial charge in [0.1, 0.15) is 5.00 Å². The van der Waals surface area contributed by atoms with Crippen LogP contribution >= 0.6 is 11.5 Å². The zero-order valence-corrected chi connectivity index (χ0v) is 10.8. The van der Waals surface area contributed by atoms with Gasteiger partial charge in [-0.15, -0.1) is 5.10 Å². The second kappa shape index (κ2) is 7.15. The largest absolute Gasteiger partial charge is 0.356 e. The van der Waals surface area contributed by atoms with E-state index in [0.717, 1.165) is 11.5 Å². The van der Waals surface area contributed by atoms with Gasteiger partial charge in [-0.2, -0.15) is 0 Å². The number of carbonyl (C=O) groups is 1. The van der Waals surface area contributed by atoms with Crippen molar-refractivity contribution in [1.29, 1.82) is 0 Å². The van der Waals surface area contributed by atoms with Gasteiger partial charge in [-0.25, -0.2) is 4.79 Å². The van der Waals surface area contributed by atoms with E-state index in [4.69, 9.17) is 9.47 Å². The number of anilines is 1. The van der Waals surface area contributed by atoms with Crippen molar-refractivity contribution >= 4 is 22.6 Å². The normalized spacial score (nSPS) is 12.5. The SMILES string of the molecule is COC(OC)C(C)CNC(=O)Nc1cnns1. The molecule has 1 unspecified atom stereocenters. The summed E-state index contributed by atoms with van der Waals surface area (Å²) in [6.45, 7) is 2.37. The number of nitrogens with one attached hydrogen (secondary N) is 2. The molecule has 0 saturated heterocycles. The van der Waals surface area contributed by atoms with Gasteiger partial charge in [0.05, 0.1) is 6.20 Å². The minimum Gasteiger partial charge on any atom is -0.356 e. The Morgan fingerprint density at radius 3 is 2.76 bits per heavy atom. The number of methoxy groups -OCH3 is 2. The molecule has 0 aliphatic heterocycles. The molecule has 0 fully saturated rings. The molecular formula is C9H16N4O3S. The predicted molar refractivity (Wildman–Crippen MR) is 63.9 cm³/mol. The summed E-state index contributed by atoms with van der Waals surface area (Å²) < 4.78 is 13.8. The van der Waals surface area contributed by atoms with Gasteiger partial charge >= 0.3 is 6.03 Å². The van der Waals surface area contributed by atoms with E-state index in [0.29, 0.717) is 11.5 Å². The summed E-state index contributed by atoms with van der Waals surface area (Å²) in [5.74, 6) is 0.0512. The highest BCUT2D eigenvalue weighted by Gasteiger charge is 2.16.